The molecule has 122 valence electrons. The van der Waals surface area contributed by atoms with Gasteiger partial charge < -0.3 is 5.32 Å². The molecule has 0 spiro atoms. The van der Waals surface area contributed by atoms with Crippen molar-refractivity contribution in [2.24, 2.45) is 5.10 Å². The van der Waals surface area contributed by atoms with Crippen LogP contribution in [-0.4, -0.2) is 16.3 Å². The van der Waals surface area contributed by atoms with E-state index < -0.39 is 4.92 Å². The van der Waals surface area contributed by atoms with Gasteiger partial charge in [0, 0.05) is 18.0 Å². The minimum absolute atomic E-state index is 0.0480. The Bertz CT molecular complexity index is 803. The summed E-state index contributed by atoms with van der Waals surface area (Å²) < 4.78 is 0. The Kier molecular flexibility index (Phi) is 6.16. The fraction of sp³-hybridized carbons (Fsp3) is 0.0588. The van der Waals surface area contributed by atoms with Crippen LogP contribution < -0.4 is 10.7 Å². The number of aryl methyl sites for hydroxylation is 1. The molecule has 0 aliphatic carbocycles. The van der Waals surface area contributed by atoms with Gasteiger partial charge >= 0.3 is 0 Å². The van der Waals surface area contributed by atoms with Gasteiger partial charge in [-0.05, 0) is 49.0 Å². The van der Waals surface area contributed by atoms with Gasteiger partial charge in [0.2, 0.25) is 0 Å². The number of nitro benzene ring substituents is 1. The molecule has 24 heavy (non-hydrogen) atoms. The van der Waals surface area contributed by atoms with Crippen molar-refractivity contribution in [1.29, 1.82) is 0 Å². The Morgan fingerprint density at radius 3 is 2.67 bits per heavy atom. The zero-order chi connectivity index (χ0) is 17.4. The second-order valence-electron chi connectivity index (χ2n) is 4.83. The topological polar surface area (TPSA) is 79.6 Å². The van der Waals surface area contributed by atoms with Crippen LogP contribution in [0.4, 0.5) is 11.4 Å². The predicted octanol–water partition coefficient (Wildman–Crippen LogP) is 3.89. The fourth-order valence-electron chi connectivity index (χ4n) is 1.94. The average Bonchev–Trinajstić information content (AvgIpc) is 2.57. The Balaban J connectivity index is 1.90. The molecule has 0 atom stereocenters. The van der Waals surface area contributed by atoms with Crippen molar-refractivity contribution in [2.45, 2.75) is 6.92 Å². The van der Waals surface area contributed by atoms with E-state index in [4.69, 9.17) is 12.2 Å². The molecule has 0 bridgehead atoms. The third-order valence-corrected chi connectivity index (χ3v) is 3.32. The lowest BCUT2D eigenvalue weighted by atomic mass is 10.2. The minimum Gasteiger partial charge on any atom is -0.331 e. The van der Waals surface area contributed by atoms with Gasteiger partial charge in [0.1, 0.15) is 0 Å². The SMILES string of the molecule is Cc1ccccc1NC(=S)NN=CC=Cc1ccccc1[N+](=O)[O-]. The first-order chi connectivity index (χ1) is 11.6. The highest BCUT2D eigenvalue weighted by molar-refractivity contribution is 7.80. The average molecular weight is 340 g/mol. The van der Waals surface area contributed by atoms with Crippen molar-refractivity contribution in [3.63, 3.8) is 0 Å². The smallest absolute Gasteiger partial charge is 0.276 e. The Morgan fingerprint density at radius 2 is 1.92 bits per heavy atom. The van der Waals surface area contributed by atoms with E-state index in [9.17, 15) is 10.1 Å². The summed E-state index contributed by atoms with van der Waals surface area (Å²) in [5.41, 5.74) is 5.22. The van der Waals surface area contributed by atoms with Crippen LogP contribution in [0.1, 0.15) is 11.1 Å². The lowest BCUT2D eigenvalue weighted by Gasteiger charge is -2.08. The molecule has 0 fully saturated rings. The summed E-state index contributed by atoms with van der Waals surface area (Å²) in [5, 5.41) is 18.2. The van der Waals surface area contributed by atoms with E-state index in [1.807, 2.05) is 31.2 Å². The zero-order valence-corrected chi connectivity index (χ0v) is 13.8. The van der Waals surface area contributed by atoms with Crippen LogP contribution in [0, 0.1) is 17.0 Å². The fourth-order valence-corrected chi connectivity index (χ4v) is 2.11. The van der Waals surface area contributed by atoms with Crippen LogP contribution in [0.25, 0.3) is 6.08 Å². The van der Waals surface area contributed by atoms with Crippen molar-refractivity contribution < 1.29 is 4.92 Å². The van der Waals surface area contributed by atoms with Gasteiger partial charge in [0.25, 0.3) is 5.69 Å². The maximum atomic E-state index is 10.9. The lowest BCUT2D eigenvalue weighted by Crippen LogP contribution is -2.24. The van der Waals surface area contributed by atoms with E-state index in [1.165, 1.54) is 12.3 Å². The highest BCUT2D eigenvalue weighted by atomic mass is 32.1. The number of anilines is 1. The molecule has 0 unspecified atom stereocenters. The highest BCUT2D eigenvalue weighted by Gasteiger charge is 2.08. The number of rotatable bonds is 5. The van der Waals surface area contributed by atoms with Crippen LogP contribution in [0.3, 0.4) is 0 Å². The molecule has 2 N–H and O–H groups in total. The summed E-state index contributed by atoms with van der Waals surface area (Å²) in [6.07, 6.45) is 4.69. The van der Waals surface area contributed by atoms with Crippen molar-refractivity contribution in [2.75, 3.05) is 5.32 Å². The number of benzene rings is 2. The van der Waals surface area contributed by atoms with E-state index in [-0.39, 0.29) is 5.69 Å². The second kappa shape index (κ2) is 8.54. The number of para-hydroxylation sites is 2. The highest BCUT2D eigenvalue weighted by Crippen LogP contribution is 2.18. The molecule has 2 aromatic carbocycles. The van der Waals surface area contributed by atoms with Gasteiger partial charge in [0.05, 0.1) is 10.5 Å². The molecule has 0 aliphatic rings. The molecule has 7 heteroatoms. The summed E-state index contributed by atoms with van der Waals surface area (Å²) >= 11 is 5.14. The van der Waals surface area contributed by atoms with Gasteiger partial charge in [-0.15, -0.1) is 0 Å². The molecule has 0 aliphatic heterocycles. The lowest BCUT2D eigenvalue weighted by molar-refractivity contribution is -0.385. The largest absolute Gasteiger partial charge is 0.331 e. The number of nitro groups is 1. The Morgan fingerprint density at radius 1 is 1.21 bits per heavy atom. The number of nitrogens with zero attached hydrogens (tertiary/aromatic N) is 2. The first kappa shape index (κ1) is 17.3. The summed E-state index contributed by atoms with van der Waals surface area (Å²) in [4.78, 5) is 10.5. The number of hydrazone groups is 1. The maximum Gasteiger partial charge on any atom is 0.276 e. The van der Waals surface area contributed by atoms with Crippen LogP contribution in [-0.2, 0) is 0 Å². The molecule has 0 amide bonds. The van der Waals surface area contributed by atoms with Crippen molar-refractivity contribution >= 4 is 41.0 Å². The van der Waals surface area contributed by atoms with Crippen LogP contribution in [0.15, 0.2) is 59.7 Å². The maximum absolute atomic E-state index is 10.9. The van der Waals surface area contributed by atoms with E-state index >= 15 is 0 Å². The monoisotopic (exact) mass is 340 g/mol. The zero-order valence-electron chi connectivity index (χ0n) is 13.0. The number of hydrogen-bond donors (Lipinski definition) is 2. The molecule has 6 nitrogen and oxygen atoms in total. The van der Waals surface area contributed by atoms with E-state index in [0.29, 0.717) is 10.7 Å². The third kappa shape index (κ3) is 4.99. The van der Waals surface area contributed by atoms with Crippen LogP contribution >= 0.6 is 12.2 Å². The van der Waals surface area contributed by atoms with Crippen LogP contribution in [0.5, 0.6) is 0 Å². The number of thiocarbonyl (C=S) groups is 1. The van der Waals surface area contributed by atoms with Gasteiger partial charge in [-0.25, -0.2) is 0 Å². The molecular weight excluding hydrogens is 324 g/mol. The molecule has 0 saturated carbocycles. The predicted molar refractivity (Wildman–Crippen MR) is 101 cm³/mol. The normalized spacial score (nSPS) is 10.9. The first-order valence-corrected chi connectivity index (χ1v) is 7.54. The van der Waals surface area contributed by atoms with Gasteiger partial charge in [-0.2, -0.15) is 5.10 Å². The van der Waals surface area contributed by atoms with Gasteiger partial charge in [0.15, 0.2) is 5.11 Å². The number of allylic oxidation sites excluding steroid dienone is 1. The standard InChI is InChI=1S/C17H16N4O2S/c1-13-7-2-4-10-15(13)19-17(24)20-18-12-6-9-14-8-3-5-11-16(14)21(22)23/h2-12H,1H3,(H2,19,20,24). The Hall–Kier alpha value is -3.06. The molecule has 2 aromatic rings. The van der Waals surface area contributed by atoms with Crippen LogP contribution in [0.2, 0.25) is 0 Å². The van der Waals surface area contributed by atoms with Crippen molar-refractivity contribution in [3.05, 3.63) is 75.8 Å². The molecule has 2 rings (SSSR count). The Labute approximate surface area is 145 Å². The van der Waals surface area contributed by atoms with E-state index in [1.54, 1.807) is 30.4 Å². The number of hydrogen-bond acceptors (Lipinski definition) is 4. The summed E-state index contributed by atoms with van der Waals surface area (Å²) in [7, 11) is 0. The second-order valence-corrected chi connectivity index (χ2v) is 5.24. The molecule has 0 aromatic heterocycles. The summed E-state index contributed by atoms with van der Waals surface area (Å²) in [6, 6.07) is 14.2. The summed E-state index contributed by atoms with van der Waals surface area (Å²) in [6.45, 7) is 1.98. The van der Waals surface area contributed by atoms with Gasteiger partial charge in [-0.3, -0.25) is 15.5 Å². The first-order valence-electron chi connectivity index (χ1n) is 7.13. The van der Waals surface area contributed by atoms with E-state index in [0.717, 1.165) is 11.3 Å². The molecule has 0 saturated heterocycles. The summed E-state index contributed by atoms with van der Waals surface area (Å²) in [5.74, 6) is 0. The molecular formula is C17H16N4O2S. The quantitative estimate of drug-likeness (QED) is 0.374. The molecule has 0 radical (unpaired) electrons. The van der Waals surface area contributed by atoms with Gasteiger partial charge in [-0.1, -0.05) is 30.3 Å². The molecule has 0 heterocycles. The van der Waals surface area contributed by atoms with E-state index in [2.05, 4.69) is 15.8 Å². The third-order valence-electron chi connectivity index (χ3n) is 3.13. The minimum atomic E-state index is -0.420. The van der Waals surface area contributed by atoms with Crippen molar-refractivity contribution in [1.82, 2.24) is 5.43 Å². The van der Waals surface area contributed by atoms with Crippen molar-refractivity contribution in [3.8, 4) is 0 Å². The number of nitrogens with one attached hydrogen (secondary N) is 2.